The maximum absolute atomic E-state index is 12.6. The smallest absolute Gasteiger partial charge is 0.248 e. The van der Waals surface area contributed by atoms with E-state index in [0.29, 0.717) is 29.1 Å². The fourth-order valence-electron chi connectivity index (χ4n) is 3.95. The molecule has 1 aliphatic heterocycles. The average molecular weight is 465 g/mol. The third kappa shape index (κ3) is 5.20. The molecule has 3 aromatic rings. The highest BCUT2D eigenvalue weighted by molar-refractivity contribution is 5.96. The predicted octanol–water partition coefficient (Wildman–Crippen LogP) is 1.11. The largest absolute Gasteiger partial charge is 0.370 e. The summed E-state index contributed by atoms with van der Waals surface area (Å²) in [5, 5.41) is 8.15. The molecule has 1 aliphatic rings. The number of nitrogens with zero attached hydrogens (tertiary/aromatic N) is 7. The molecule has 0 spiro atoms. The van der Waals surface area contributed by atoms with Gasteiger partial charge in [0, 0.05) is 49.7 Å². The molecule has 2 aromatic heterocycles. The Balaban J connectivity index is 1.22. The summed E-state index contributed by atoms with van der Waals surface area (Å²) in [7, 11) is 1.82. The maximum Gasteiger partial charge on any atom is 0.248 e. The highest BCUT2D eigenvalue weighted by atomic mass is 16.5. The van der Waals surface area contributed by atoms with E-state index in [4.69, 9.17) is 10.5 Å². The number of rotatable bonds is 9. The van der Waals surface area contributed by atoms with Crippen molar-refractivity contribution in [2.24, 2.45) is 5.73 Å². The SMILES string of the molecule is C=Cc1cnc(N2CCC(N(C)C(=O)COCCn3nnc4ccc(C(N)=O)cc43)CC2)nc1. The topological polar surface area (TPSA) is 132 Å². The molecule has 1 aromatic carbocycles. The molecule has 0 bridgehead atoms. The lowest BCUT2D eigenvalue weighted by Crippen LogP contribution is -2.47. The van der Waals surface area contributed by atoms with Crippen molar-refractivity contribution in [1.82, 2.24) is 29.9 Å². The highest BCUT2D eigenvalue weighted by Gasteiger charge is 2.26. The van der Waals surface area contributed by atoms with Crippen molar-refractivity contribution < 1.29 is 14.3 Å². The molecule has 1 fully saturated rings. The van der Waals surface area contributed by atoms with Gasteiger partial charge in [0.1, 0.15) is 12.1 Å². The predicted molar refractivity (Wildman–Crippen MR) is 127 cm³/mol. The van der Waals surface area contributed by atoms with Crippen LogP contribution in [0.1, 0.15) is 28.8 Å². The molecule has 34 heavy (non-hydrogen) atoms. The number of fused-ring (bicyclic) bond motifs is 1. The van der Waals surface area contributed by atoms with Crippen LogP contribution in [0.25, 0.3) is 17.1 Å². The Bertz CT molecular complexity index is 1170. The second kappa shape index (κ2) is 10.4. The van der Waals surface area contributed by atoms with Crippen LogP contribution < -0.4 is 10.6 Å². The molecule has 11 heteroatoms. The summed E-state index contributed by atoms with van der Waals surface area (Å²) in [6.07, 6.45) is 6.90. The van der Waals surface area contributed by atoms with Crippen LogP contribution in [-0.4, -0.2) is 81.1 Å². The lowest BCUT2D eigenvalue weighted by Gasteiger charge is -2.36. The number of primary amides is 1. The molecule has 1 saturated heterocycles. The van der Waals surface area contributed by atoms with E-state index < -0.39 is 5.91 Å². The first-order valence-electron chi connectivity index (χ1n) is 11.1. The van der Waals surface area contributed by atoms with Crippen molar-refractivity contribution in [3.8, 4) is 0 Å². The minimum Gasteiger partial charge on any atom is -0.370 e. The number of carbonyl (C=O) groups excluding carboxylic acids is 2. The minimum absolute atomic E-state index is 0.0119. The summed E-state index contributed by atoms with van der Waals surface area (Å²) in [6, 6.07) is 5.12. The van der Waals surface area contributed by atoms with Gasteiger partial charge in [0.25, 0.3) is 0 Å². The molecule has 11 nitrogen and oxygen atoms in total. The van der Waals surface area contributed by atoms with Crippen LogP contribution in [0.2, 0.25) is 0 Å². The normalized spacial score (nSPS) is 14.3. The van der Waals surface area contributed by atoms with Gasteiger partial charge in [-0.05, 0) is 31.0 Å². The number of hydrogen-bond donors (Lipinski definition) is 1. The first-order chi connectivity index (χ1) is 16.5. The molecule has 0 unspecified atom stereocenters. The van der Waals surface area contributed by atoms with Crippen LogP contribution in [0.15, 0.2) is 37.2 Å². The van der Waals surface area contributed by atoms with Crippen LogP contribution in [0.4, 0.5) is 5.95 Å². The summed E-state index contributed by atoms with van der Waals surface area (Å²) in [5.74, 6) is 0.123. The number of amides is 2. The van der Waals surface area contributed by atoms with E-state index in [-0.39, 0.29) is 25.2 Å². The number of hydrogen-bond acceptors (Lipinski definition) is 8. The quantitative estimate of drug-likeness (QED) is 0.466. The first-order valence-corrected chi connectivity index (χ1v) is 11.1. The van der Waals surface area contributed by atoms with Crippen molar-refractivity contribution in [1.29, 1.82) is 0 Å². The van der Waals surface area contributed by atoms with Gasteiger partial charge < -0.3 is 20.3 Å². The zero-order chi connectivity index (χ0) is 24.1. The molecule has 4 rings (SSSR count). The van der Waals surface area contributed by atoms with E-state index in [1.165, 1.54) is 0 Å². The lowest BCUT2D eigenvalue weighted by molar-refractivity contribution is -0.137. The number of piperidine rings is 1. The molecular weight excluding hydrogens is 436 g/mol. The number of ether oxygens (including phenoxy) is 1. The zero-order valence-corrected chi connectivity index (χ0v) is 19.1. The van der Waals surface area contributed by atoms with Gasteiger partial charge in [0.05, 0.1) is 18.7 Å². The van der Waals surface area contributed by atoms with Gasteiger partial charge in [-0.1, -0.05) is 17.9 Å². The fraction of sp³-hybridized carbons (Fsp3) is 0.391. The Morgan fingerprint density at radius 2 is 2.00 bits per heavy atom. The van der Waals surface area contributed by atoms with Crippen molar-refractivity contribution in [3.63, 3.8) is 0 Å². The van der Waals surface area contributed by atoms with Crippen LogP contribution in [0, 0.1) is 0 Å². The minimum atomic E-state index is -0.511. The molecule has 2 N–H and O–H groups in total. The fourth-order valence-corrected chi connectivity index (χ4v) is 3.95. The Morgan fingerprint density at radius 1 is 1.26 bits per heavy atom. The standard InChI is InChI=1S/C23H28N8O3/c1-3-16-13-25-23(26-14-16)30-8-6-18(7-9-30)29(2)21(32)15-34-11-10-31-20-12-17(22(24)33)4-5-19(20)27-28-31/h3-5,12-14,18H,1,6-11,15H2,2H3,(H2,24,33). The highest BCUT2D eigenvalue weighted by Crippen LogP contribution is 2.19. The van der Waals surface area contributed by atoms with Gasteiger partial charge in [-0.2, -0.15) is 0 Å². The lowest BCUT2D eigenvalue weighted by atomic mass is 10.0. The van der Waals surface area contributed by atoms with E-state index in [0.717, 1.165) is 31.5 Å². The monoisotopic (exact) mass is 464 g/mol. The Hall–Kier alpha value is -3.86. The molecule has 0 saturated carbocycles. The van der Waals surface area contributed by atoms with E-state index in [2.05, 4.69) is 31.8 Å². The zero-order valence-electron chi connectivity index (χ0n) is 19.1. The van der Waals surface area contributed by atoms with Crippen LogP contribution in [0.3, 0.4) is 0 Å². The summed E-state index contributed by atoms with van der Waals surface area (Å²) >= 11 is 0. The number of nitrogens with two attached hydrogens (primary N) is 1. The number of anilines is 1. The summed E-state index contributed by atoms with van der Waals surface area (Å²) in [6.45, 7) is 5.95. The molecule has 0 aliphatic carbocycles. The molecule has 0 atom stereocenters. The van der Waals surface area contributed by atoms with E-state index in [9.17, 15) is 9.59 Å². The van der Waals surface area contributed by atoms with Crippen LogP contribution in [0.5, 0.6) is 0 Å². The van der Waals surface area contributed by atoms with Crippen molar-refractivity contribution in [3.05, 3.63) is 48.3 Å². The second-order valence-electron chi connectivity index (χ2n) is 8.18. The van der Waals surface area contributed by atoms with Gasteiger partial charge in [-0.25, -0.2) is 14.6 Å². The van der Waals surface area contributed by atoms with Gasteiger partial charge in [0.15, 0.2) is 0 Å². The number of carbonyl (C=O) groups is 2. The summed E-state index contributed by atoms with van der Waals surface area (Å²) in [5.41, 5.74) is 7.98. The van der Waals surface area contributed by atoms with Crippen molar-refractivity contribution >= 4 is 34.9 Å². The Kier molecular flexibility index (Phi) is 7.12. The molecule has 0 radical (unpaired) electrons. The Labute approximate surface area is 197 Å². The molecular formula is C23H28N8O3. The van der Waals surface area contributed by atoms with Gasteiger partial charge in [-0.15, -0.1) is 5.10 Å². The van der Waals surface area contributed by atoms with Crippen LogP contribution in [-0.2, 0) is 16.1 Å². The summed E-state index contributed by atoms with van der Waals surface area (Å²) in [4.78, 5) is 36.7. The maximum atomic E-state index is 12.6. The van der Waals surface area contributed by atoms with Crippen LogP contribution >= 0.6 is 0 Å². The first kappa shape index (κ1) is 23.3. The number of benzene rings is 1. The van der Waals surface area contributed by atoms with E-state index >= 15 is 0 Å². The molecule has 3 heterocycles. The number of likely N-dealkylation sites (N-methyl/N-ethyl adjacent to an activating group) is 1. The van der Waals surface area contributed by atoms with Crippen molar-refractivity contribution in [2.45, 2.75) is 25.4 Å². The van der Waals surface area contributed by atoms with Gasteiger partial charge >= 0.3 is 0 Å². The average Bonchev–Trinajstić information content (AvgIpc) is 3.28. The van der Waals surface area contributed by atoms with Gasteiger partial charge in [-0.3, -0.25) is 9.59 Å². The van der Waals surface area contributed by atoms with E-state index in [1.54, 1.807) is 46.3 Å². The number of aromatic nitrogens is 5. The third-order valence-corrected chi connectivity index (χ3v) is 6.05. The van der Waals surface area contributed by atoms with Crippen molar-refractivity contribution in [2.75, 3.05) is 38.3 Å². The molecule has 2 amide bonds. The second-order valence-corrected chi connectivity index (χ2v) is 8.18. The van der Waals surface area contributed by atoms with Gasteiger partial charge in [0.2, 0.25) is 17.8 Å². The Morgan fingerprint density at radius 3 is 2.68 bits per heavy atom. The summed E-state index contributed by atoms with van der Waals surface area (Å²) < 4.78 is 7.24. The third-order valence-electron chi connectivity index (χ3n) is 6.05. The molecule has 178 valence electrons. The van der Waals surface area contributed by atoms with E-state index in [1.807, 2.05) is 7.05 Å².